The molecule has 3 heterocycles. The molecule has 0 spiro atoms. The molecule has 1 aliphatic heterocycles. The molecule has 4 N–H and O–H groups in total. The molecule has 2 aliphatic rings. The molecule has 0 unspecified atom stereocenters. The lowest BCUT2D eigenvalue weighted by Gasteiger charge is -2.23. The Morgan fingerprint density at radius 1 is 1.17 bits per heavy atom. The van der Waals surface area contributed by atoms with E-state index in [-0.39, 0.29) is 5.95 Å². The van der Waals surface area contributed by atoms with Crippen LogP contribution < -0.4 is 21.1 Å². The summed E-state index contributed by atoms with van der Waals surface area (Å²) < 4.78 is 13.3. The first kappa shape index (κ1) is 23.8. The van der Waals surface area contributed by atoms with Crippen LogP contribution >= 0.6 is 0 Å². The van der Waals surface area contributed by atoms with Crippen LogP contribution in [0.4, 0.5) is 11.8 Å². The zero-order valence-electron chi connectivity index (χ0n) is 20.8. The molecule has 1 aromatic carbocycles. The van der Waals surface area contributed by atoms with Crippen molar-refractivity contribution in [3.8, 4) is 5.75 Å². The summed E-state index contributed by atoms with van der Waals surface area (Å²) in [5.74, 6) is 2.37. The average Bonchev–Trinajstić information content (AvgIpc) is 3.66. The Labute approximate surface area is 206 Å². The normalized spacial score (nSPS) is 16.6. The van der Waals surface area contributed by atoms with Gasteiger partial charge in [0.1, 0.15) is 16.8 Å². The number of nitrogens with one attached hydrogen (secondary N) is 2. The Morgan fingerprint density at radius 2 is 2.00 bits per heavy atom. The van der Waals surface area contributed by atoms with Gasteiger partial charge in [-0.05, 0) is 43.7 Å². The van der Waals surface area contributed by atoms with Gasteiger partial charge in [-0.15, -0.1) is 0 Å². The van der Waals surface area contributed by atoms with Crippen molar-refractivity contribution in [1.82, 2.24) is 25.1 Å². The minimum absolute atomic E-state index is 0.289. The first-order valence-electron chi connectivity index (χ1n) is 12.9. The molecule has 2 aromatic heterocycles. The number of ether oxygens (including phenoxy) is 2. The smallest absolute Gasteiger partial charge is 0.222 e. The van der Waals surface area contributed by atoms with E-state index in [1.54, 1.807) is 7.11 Å². The minimum atomic E-state index is 0.289. The topological polar surface area (TPSA) is 112 Å². The van der Waals surface area contributed by atoms with Gasteiger partial charge in [-0.2, -0.15) is 10.1 Å². The van der Waals surface area contributed by atoms with Gasteiger partial charge in [0.25, 0.3) is 0 Å². The van der Waals surface area contributed by atoms with Crippen LogP contribution in [0.15, 0.2) is 18.2 Å². The Morgan fingerprint density at radius 3 is 2.74 bits per heavy atom. The summed E-state index contributed by atoms with van der Waals surface area (Å²) in [5, 5.41) is 12.1. The number of unbranched alkanes of at least 4 members (excludes halogenated alkanes) is 1. The van der Waals surface area contributed by atoms with Gasteiger partial charge < -0.3 is 25.8 Å². The third kappa shape index (κ3) is 5.51. The predicted octanol–water partition coefficient (Wildman–Crippen LogP) is 3.82. The summed E-state index contributed by atoms with van der Waals surface area (Å²) >= 11 is 0. The fraction of sp³-hybridized carbons (Fsp3) is 0.577. The highest BCUT2D eigenvalue weighted by Gasteiger charge is 2.31. The first-order chi connectivity index (χ1) is 17.2. The summed E-state index contributed by atoms with van der Waals surface area (Å²) in [4.78, 5) is 9.15. The van der Waals surface area contributed by atoms with E-state index in [0.717, 1.165) is 98.7 Å². The Bertz CT molecular complexity index is 1150. The van der Waals surface area contributed by atoms with E-state index in [4.69, 9.17) is 20.3 Å². The number of methoxy groups -OCH3 is 1. The van der Waals surface area contributed by atoms with Crippen molar-refractivity contribution in [3.05, 3.63) is 35.0 Å². The second-order valence-corrected chi connectivity index (χ2v) is 9.64. The van der Waals surface area contributed by atoms with E-state index in [9.17, 15) is 0 Å². The zero-order valence-corrected chi connectivity index (χ0v) is 20.8. The molecule has 0 radical (unpaired) electrons. The SMILES string of the molecule is CCCCNc1nc(N)nc2c(C3CC3)nn(Cc3ccc(CNC4CCOCC4)cc3OC)c12. The van der Waals surface area contributed by atoms with Gasteiger partial charge in [0, 0.05) is 43.8 Å². The van der Waals surface area contributed by atoms with Crippen LogP contribution in [-0.4, -0.2) is 52.7 Å². The number of benzene rings is 1. The molecule has 5 rings (SSSR count). The second kappa shape index (κ2) is 10.8. The number of aromatic nitrogens is 4. The van der Waals surface area contributed by atoms with E-state index >= 15 is 0 Å². The summed E-state index contributed by atoms with van der Waals surface area (Å²) in [6, 6.07) is 6.96. The molecule has 9 nitrogen and oxygen atoms in total. The number of fused-ring (bicyclic) bond motifs is 1. The van der Waals surface area contributed by atoms with Gasteiger partial charge in [0.2, 0.25) is 5.95 Å². The standard InChI is InChI=1S/C26H37N7O2/c1-3-4-11-28-25-24-23(30-26(27)31-25)22(18-7-8-18)32-33(24)16-19-6-5-17(14-21(19)34-2)15-29-20-9-12-35-13-10-20/h5-6,14,18,20,29H,3-4,7-13,15-16H2,1-2H3,(H3,27,28,30,31). The van der Waals surface area contributed by atoms with Crippen molar-refractivity contribution in [3.63, 3.8) is 0 Å². The van der Waals surface area contributed by atoms with Crippen LogP contribution in [0.2, 0.25) is 0 Å². The minimum Gasteiger partial charge on any atom is -0.496 e. The predicted molar refractivity (Wildman–Crippen MR) is 138 cm³/mol. The summed E-state index contributed by atoms with van der Waals surface area (Å²) in [6.07, 6.45) is 6.58. The number of anilines is 2. The molecule has 9 heteroatoms. The molecule has 2 fully saturated rings. The molecule has 1 saturated carbocycles. The fourth-order valence-electron chi connectivity index (χ4n) is 4.73. The van der Waals surface area contributed by atoms with Crippen molar-refractivity contribution in [1.29, 1.82) is 0 Å². The monoisotopic (exact) mass is 479 g/mol. The number of nitrogens with two attached hydrogens (primary N) is 1. The summed E-state index contributed by atoms with van der Waals surface area (Å²) in [6.45, 7) is 6.09. The lowest BCUT2D eigenvalue weighted by atomic mass is 10.1. The quantitative estimate of drug-likeness (QED) is 0.356. The first-order valence-corrected chi connectivity index (χ1v) is 12.9. The van der Waals surface area contributed by atoms with Gasteiger partial charge >= 0.3 is 0 Å². The molecule has 35 heavy (non-hydrogen) atoms. The molecule has 1 saturated heterocycles. The maximum Gasteiger partial charge on any atom is 0.222 e. The fourth-order valence-corrected chi connectivity index (χ4v) is 4.73. The van der Waals surface area contributed by atoms with Gasteiger partial charge in [0.15, 0.2) is 5.82 Å². The van der Waals surface area contributed by atoms with Crippen molar-refractivity contribution in [2.24, 2.45) is 0 Å². The lowest BCUT2D eigenvalue weighted by molar-refractivity contribution is 0.0776. The van der Waals surface area contributed by atoms with Crippen molar-refractivity contribution in [2.75, 3.05) is 37.9 Å². The number of hydrogen-bond acceptors (Lipinski definition) is 8. The Kier molecular flexibility index (Phi) is 7.34. The largest absolute Gasteiger partial charge is 0.496 e. The van der Waals surface area contributed by atoms with Crippen LogP contribution in [0.25, 0.3) is 11.0 Å². The number of hydrogen-bond donors (Lipinski definition) is 3. The molecular formula is C26H37N7O2. The lowest BCUT2D eigenvalue weighted by Crippen LogP contribution is -2.34. The van der Waals surface area contributed by atoms with E-state index in [1.807, 2.05) is 4.68 Å². The van der Waals surface area contributed by atoms with E-state index in [0.29, 0.717) is 18.5 Å². The van der Waals surface area contributed by atoms with Crippen LogP contribution in [0, 0.1) is 0 Å². The summed E-state index contributed by atoms with van der Waals surface area (Å²) in [5.41, 5.74) is 11.2. The summed E-state index contributed by atoms with van der Waals surface area (Å²) in [7, 11) is 1.73. The number of nitrogens with zero attached hydrogens (tertiary/aromatic N) is 4. The maximum atomic E-state index is 6.09. The maximum absolute atomic E-state index is 6.09. The van der Waals surface area contributed by atoms with Crippen LogP contribution in [0.1, 0.15) is 68.2 Å². The number of nitrogen functional groups attached to an aromatic ring is 1. The molecule has 0 atom stereocenters. The third-order valence-corrected chi connectivity index (χ3v) is 6.91. The van der Waals surface area contributed by atoms with Crippen molar-refractivity contribution < 1.29 is 9.47 Å². The molecule has 0 bridgehead atoms. The zero-order chi connectivity index (χ0) is 24.2. The average molecular weight is 480 g/mol. The molecular weight excluding hydrogens is 442 g/mol. The van der Waals surface area contributed by atoms with Gasteiger partial charge in [-0.3, -0.25) is 4.68 Å². The van der Waals surface area contributed by atoms with E-state index < -0.39 is 0 Å². The second-order valence-electron chi connectivity index (χ2n) is 9.64. The van der Waals surface area contributed by atoms with E-state index in [1.165, 1.54) is 5.56 Å². The van der Waals surface area contributed by atoms with Gasteiger partial charge in [0.05, 0.1) is 19.3 Å². The van der Waals surface area contributed by atoms with E-state index in [2.05, 4.69) is 45.7 Å². The third-order valence-electron chi connectivity index (χ3n) is 6.91. The molecule has 0 amide bonds. The highest BCUT2D eigenvalue weighted by atomic mass is 16.5. The van der Waals surface area contributed by atoms with Gasteiger partial charge in [-0.1, -0.05) is 25.5 Å². The van der Waals surface area contributed by atoms with Crippen LogP contribution in [-0.2, 0) is 17.8 Å². The van der Waals surface area contributed by atoms with Crippen molar-refractivity contribution in [2.45, 2.75) is 70.5 Å². The van der Waals surface area contributed by atoms with Crippen molar-refractivity contribution >= 4 is 22.8 Å². The molecule has 3 aromatic rings. The molecule has 1 aliphatic carbocycles. The van der Waals surface area contributed by atoms with Crippen LogP contribution in [0.5, 0.6) is 5.75 Å². The van der Waals surface area contributed by atoms with Crippen LogP contribution in [0.3, 0.4) is 0 Å². The Balaban J connectivity index is 1.41. The number of rotatable bonds is 11. The Hall–Kier alpha value is -2.91. The molecule has 188 valence electrons. The highest BCUT2D eigenvalue weighted by molar-refractivity contribution is 5.89. The van der Waals surface area contributed by atoms with Gasteiger partial charge in [-0.25, -0.2) is 4.98 Å². The highest BCUT2D eigenvalue weighted by Crippen LogP contribution is 2.43.